The van der Waals surface area contributed by atoms with Gasteiger partial charge in [-0.05, 0) is 43.3 Å². The minimum atomic E-state index is -1.15. The minimum absolute atomic E-state index is 0.0914. The summed E-state index contributed by atoms with van der Waals surface area (Å²) in [5.74, 6) is -1.83. The molecule has 0 bridgehead atoms. The first kappa shape index (κ1) is 22.3. The highest BCUT2D eigenvalue weighted by molar-refractivity contribution is 5.89. The number of hydrogen-bond donors (Lipinski definition) is 3. The first-order chi connectivity index (χ1) is 14.8. The van der Waals surface area contributed by atoms with Crippen molar-refractivity contribution in [3.05, 3.63) is 59.7 Å². The number of aliphatic carboxylic acids is 1. The Labute approximate surface area is 181 Å². The molecule has 0 aliphatic heterocycles. The predicted octanol–water partition coefficient (Wildman–Crippen LogP) is 2.04. The fourth-order valence-corrected chi connectivity index (χ4v) is 3.72. The Morgan fingerprint density at radius 2 is 1.55 bits per heavy atom. The van der Waals surface area contributed by atoms with E-state index in [1.54, 1.807) is 19.0 Å². The van der Waals surface area contributed by atoms with Crippen molar-refractivity contribution in [2.75, 3.05) is 27.2 Å². The molecule has 8 heteroatoms. The predicted molar refractivity (Wildman–Crippen MR) is 116 cm³/mol. The van der Waals surface area contributed by atoms with Gasteiger partial charge in [0.15, 0.2) is 0 Å². The summed E-state index contributed by atoms with van der Waals surface area (Å²) in [5, 5.41) is 13.9. The number of alkyl carbamates (subject to hydrolysis) is 1. The van der Waals surface area contributed by atoms with E-state index in [9.17, 15) is 14.4 Å². The van der Waals surface area contributed by atoms with Crippen molar-refractivity contribution in [2.45, 2.75) is 24.9 Å². The number of carbonyl (C=O) groups is 3. The lowest BCUT2D eigenvalue weighted by Gasteiger charge is -2.23. The molecular formula is C23H27N3O5. The Hall–Kier alpha value is -3.39. The fraction of sp³-hybridized carbons (Fsp3) is 0.348. The molecule has 2 atom stereocenters. The number of nitrogens with zero attached hydrogens (tertiary/aromatic N) is 1. The lowest BCUT2D eigenvalue weighted by atomic mass is 9.98. The smallest absolute Gasteiger partial charge is 0.407 e. The second-order valence-corrected chi connectivity index (χ2v) is 7.85. The van der Waals surface area contributed by atoms with Crippen molar-refractivity contribution in [1.82, 2.24) is 15.5 Å². The van der Waals surface area contributed by atoms with E-state index in [0.29, 0.717) is 0 Å². The lowest BCUT2D eigenvalue weighted by molar-refractivity contribution is -0.141. The quantitative estimate of drug-likeness (QED) is 0.597. The highest BCUT2D eigenvalue weighted by Crippen LogP contribution is 2.44. The number of likely N-dealkylation sites (N-methyl/N-ethyl adjacent to an activating group) is 1. The highest BCUT2D eigenvalue weighted by Gasteiger charge is 2.30. The van der Waals surface area contributed by atoms with Crippen LogP contribution in [-0.4, -0.2) is 67.3 Å². The largest absolute Gasteiger partial charge is 0.480 e. The fourth-order valence-electron chi connectivity index (χ4n) is 3.72. The summed E-state index contributed by atoms with van der Waals surface area (Å²) < 4.78 is 5.49. The molecule has 3 N–H and O–H groups in total. The van der Waals surface area contributed by atoms with E-state index < -0.39 is 30.1 Å². The van der Waals surface area contributed by atoms with Gasteiger partial charge in [0, 0.05) is 12.5 Å². The molecule has 2 amide bonds. The molecule has 1 aliphatic carbocycles. The third-order valence-corrected chi connectivity index (χ3v) is 5.23. The molecule has 2 aromatic rings. The number of fused-ring (bicyclic) bond motifs is 3. The van der Waals surface area contributed by atoms with Crippen LogP contribution in [0.25, 0.3) is 11.1 Å². The maximum absolute atomic E-state index is 12.5. The van der Waals surface area contributed by atoms with Gasteiger partial charge in [-0.1, -0.05) is 48.5 Å². The Bertz CT molecular complexity index is 930. The van der Waals surface area contributed by atoms with E-state index in [1.165, 1.54) is 6.92 Å². The number of nitrogens with one attached hydrogen (secondary N) is 2. The van der Waals surface area contributed by atoms with E-state index in [2.05, 4.69) is 22.8 Å². The van der Waals surface area contributed by atoms with E-state index in [0.717, 1.165) is 22.3 Å². The number of rotatable bonds is 8. The molecule has 1 unspecified atom stereocenters. The summed E-state index contributed by atoms with van der Waals surface area (Å²) in [5.41, 5.74) is 4.43. The van der Waals surface area contributed by atoms with E-state index in [-0.39, 0.29) is 19.1 Å². The van der Waals surface area contributed by atoms with Crippen molar-refractivity contribution in [3.8, 4) is 11.1 Å². The molecule has 2 aromatic carbocycles. The van der Waals surface area contributed by atoms with Crippen LogP contribution in [0.1, 0.15) is 24.0 Å². The van der Waals surface area contributed by atoms with E-state index in [1.807, 2.05) is 36.4 Å². The number of ether oxygens (including phenoxy) is 1. The van der Waals surface area contributed by atoms with Crippen LogP contribution in [0.5, 0.6) is 0 Å². The summed E-state index contributed by atoms with van der Waals surface area (Å²) in [7, 11) is 3.50. The first-order valence-electron chi connectivity index (χ1n) is 10.1. The van der Waals surface area contributed by atoms with Gasteiger partial charge in [-0.3, -0.25) is 9.59 Å². The maximum Gasteiger partial charge on any atom is 0.407 e. The standard InChI is InChI=1S/C23H27N3O5/c1-14(22(28)29)24-21(27)20(12-26(2)3)25-23(30)31-13-19-17-10-6-4-8-15(17)16-9-5-7-11-18(16)19/h4-11,14,19-20H,12-13H2,1-3H3,(H,24,27)(H,25,30)(H,28,29)/t14-,20?/m1/s1. The average molecular weight is 425 g/mol. The van der Waals surface area contributed by atoms with Crippen molar-refractivity contribution in [1.29, 1.82) is 0 Å². The van der Waals surface area contributed by atoms with Crippen LogP contribution in [0, 0.1) is 0 Å². The molecule has 3 rings (SSSR count). The second kappa shape index (κ2) is 9.61. The third kappa shape index (κ3) is 5.21. The monoisotopic (exact) mass is 425 g/mol. The summed E-state index contributed by atoms with van der Waals surface area (Å²) in [4.78, 5) is 37.7. The molecule has 0 aromatic heterocycles. The van der Waals surface area contributed by atoms with Gasteiger partial charge < -0.3 is 25.4 Å². The Morgan fingerprint density at radius 1 is 1.00 bits per heavy atom. The summed E-state index contributed by atoms with van der Waals surface area (Å²) in [6.45, 7) is 1.68. The van der Waals surface area contributed by atoms with E-state index >= 15 is 0 Å². The molecule has 0 spiro atoms. The van der Waals surface area contributed by atoms with Gasteiger partial charge in [-0.25, -0.2) is 4.79 Å². The zero-order valence-corrected chi connectivity index (χ0v) is 17.8. The van der Waals surface area contributed by atoms with Crippen molar-refractivity contribution >= 4 is 18.0 Å². The molecule has 164 valence electrons. The van der Waals surface area contributed by atoms with Gasteiger partial charge in [0.25, 0.3) is 0 Å². The van der Waals surface area contributed by atoms with Crippen LogP contribution in [0.4, 0.5) is 4.79 Å². The summed E-state index contributed by atoms with van der Waals surface area (Å²) in [6, 6.07) is 14.0. The van der Waals surface area contributed by atoms with Gasteiger partial charge >= 0.3 is 12.1 Å². The van der Waals surface area contributed by atoms with E-state index in [4.69, 9.17) is 9.84 Å². The van der Waals surface area contributed by atoms with Crippen molar-refractivity contribution in [3.63, 3.8) is 0 Å². The molecule has 1 aliphatic rings. The van der Waals surface area contributed by atoms with Crippen LogP contribution in [0.15, 0.2) is 48.5 Å². The summed E-state index contributed by atoms with van der Waals surface area (Å²) >= 11 is 0. The topological polar surface area (TPSA) is 108 Å². The van der Waals surface area contributed by atoms with Gasteiger partial charge in [-0.2, -0.15) is 0 Å². The second-order valence-electron chi connectivity index (χ2n) is 7.85. The number of benzene rings is 2. The molecule has 0 fully saturated rings. The maximum atomic E-state index is 12.5. The third-order valence-electron chi connectivity index (χ3n) is 5.23. The van der Waals surface area contributed by atoms with Crippen molar-refractivity contribution < 1.29 is 24.2 Å². The van der Waals surface area contributed by atoms with Crippen LogP contribution in [0.3, 0.4) is 0 Å². The molecular weight excluding hydrogens is 398 g/mol. The Morgan fingerprint density at radius 3 is 2.06 bits per heavy atom. The number of hydrogen-bond acceptors (Lipinski definition) is 5. The van der Waals surface area contributed by atoms with Crippen molar-refractivity contribution in [2.24, 2.45) is 0 Å². The lowest BCUT2D eigenvalue weighted by Crippen LogP contribution is -2.54. The Kier molecular flexibility index (Phi) is 6.91. The number of carbonyl (C=O) groups excluding carboxylic acids is 2. The van der Waals surface area contributed by atoms with Crippen LogP contribution in [0.2, 0.25) is 0 Å². The van der Waals surface area contributed by atoms with Gasteiger partial charge in [-0.15, -0.1) is 0 Å². The molecule has 31 heavy (non-hydrogen) atoms. The highest BCUT2D eigenvalue weighted by atomic mass is 16.5. The number of carboxylic acid groups (broad SMARTS) is 1. The number of amides is 2. The Balaban J connectivity index is 1.66. The van der Waals surface area contributed by atoms with Gasteiger partial charge in [0.1, 0.15) is 18.7 Å². The molecule has 8 nitrogen and oxygen atoms in total. The zero-order chi connectivity index (χ0) is 22.5. The zero-order valence-electron chi connectivity index (χ0n) is 17.8. The minimum Gasteiger partial charge on any atom is -0.480 e. The molecule has 0 saturated carbocycles. The molecule has 0 heterocycles. The molecule has 0 saturated heterocycles. The van der Waals surface area contributed by atoms with Crippen LogP contribution >= 0.6 is 0 Å². The summed E-state index contributed by atoms with van der Waals surface area (Å²) in [6.07, 6.45) is -0.730. The average Bonchev–Trinajstić information content (AvgIpc) is 3.05. The van der Waals surface area contributed by atoms with Crippen LogP contribution in [-0.2, 0) is 14.3 Å². The normalized spacial score (nSPS) is 14.3. The van der Waals surface area contributed by atoms with Gasteiger partial charge in [0.05, 0.1) is 0 Å². The van der Waals surface area contributed by atoms with Crippen LogP contribution < -0.4 is 10.6 Å². The SMILES string of the molecule is C[C@@H](NC(=O)C(CN(C)C)NC(=O)OCC1c2ccccc2-c2ccccc21)C(=O)O. The molecule has 0 radical (unpaired) electrons. The van der Waals surface area contributed by atoms with Gasteiger partial charge in [0.2, 0.25) is 5.91 Å². The number of carboxylic acids is 1. The first-order valence-corrected chi connectivity index (χ1v) is 10.1.